The van der Waals surface area contributed by atoms with Crippen LogP contribution in [0.5, 0.6) is 17.2 Å². The first-order valence-electron chi connectivity index (χ1n) is 11.4. The lowest BCUT2D eigenvalue weighted by atomic mass is 9.77. The molecule has 0 radical (unpaired) electrons. The van der Waals surface area contributed by atoms with Crippen molar-refractivity contribution in [2.24, 2.45) is 0 Å². The number of hydrogen-bond acceptors (Lipinski definition) is 4. The predicted molar refractivity (Wildman–Crippen MR) is 127 cm³/mol. The summed E-state index contributed by atoms with van der Waals surface area (Å²) in [6, 6.07) is 31.9. The maximum atomic E-state index is 14.6. The summed E-state index contributed by atoms with van der Waals surface area (Å²) in [4.78, 5) is 16.6. The van der Waals surface area contributed by atoms with Gasteiger partial charge in [0.05, 0.1) is 6.04 Å². The molecule has 0 saturated heterocycles. The van der Waals surface area contributed by atoms with E-state index in [2.05, 4.69) is 24.3 Å². The lowest BCUT2D eigenvalue weighted by Gasteiger charge is -2.31. The van der Waals surface area contributed by atoms with Crippen molar-refractivity contribution in [3.05, 3.63) is 119 Å². The second kappa shape index (κ2) is 7.12. The predicted octanol–water partition coefficient (Wildman–Crippen LogP) is 5.23. The first-order valence-corrected chi connectivity index (χ1v) is 11.4. The molecule has 166 valence electrons. The van der Waals surface area contributed by atoms with Gasteiger partial charge in [-0.15, -0.1) is 0 Å². The number of carbonyl (C=O) groups excluding carboxylic acids is 1. The molecule has 0 bridgehead atoms. The van der Waals surface area contributed by atoms with Crippen molar-refractivity contribution in [2.75, 3.05) is 18.3 Å². The first kappa shape index (κ1) is 19.2. The van der Waals surface area contributed by atoms with Gasteiger partial charge in [-0.3, -0.25) is 9.69 Å². The zero-order chi connectivity index (χ0) is 22.7. The molecule has 0 fully saturated rings. The number of ether oxygens (including phenoxy) is 3. The summed E-state index contributed by atoms with van der Waals surface area (Å²) in [5, 5.41) is 0. The summed E-state index contributed by atoms with van der Waals surface area (Å²) in [5.74, 6) is 1.97. The molecule has 4 aromatic carbocycles. The van der Waals surface area contributed by atoms with Crippen molar-refractivity contribution in [3.63, 3.8) is 0 Å². The minimum atomic E-state index is -0.936. The molecule has 3 aliphatic rings. The number of fused-ring (bicyclic) bond motifs is 5. The number of benzene rings is 4. The molecule has 0 aromatic heterocycles. The Bertz CT molecular complexity index is 1380. The van der Waals surface area contributed by atoms with Crippen LogP contribution in [0.1, 0.15) is 28.3 Å². The van der Waals surface area contributed by atoms with Crippen LogP contribution in [0.25, 0.3) is 0 Å². The van der Waals surface area contributed by atoms with Gasteiger partial charge in [0.2, 0.25) is 12.7 Å². The summed E-state index contributed by atoms with van der Waals surface area (Å²) < 4.78 is 17.4. The van der Waals surface area contributed by atoms with Gasteiger partial charge >= 0.3 is 0 Å². The minimum absolute atomic E-state index is 0.00372. The van der Waals surface area contributed by atoms with E-state index in [0.717, 1.165) is 27.9 Å². The van der Waals surface area contributed by atoms with Gasteiger partial charge in [0.1, 0.15) is 17.8 Å². The molecule has 34 heavy (non-hydrogen) atoms. The smallest absolute Gasteiger partial charge is 0.246 e. The largest absolute Gasteiger partial charge is 0.491 e. The van der Waals surface area contributed by atoms with Crippen molar-refractivity contribution in [1.82, 2.24) is 0 Å². The highest BCUT2D eigenvalue weighted by atomic mass is 16.7. The van der Waals surface area contributed by atoms with E-state index in [-0.39, 0.29) is 25.3 Å². The van der Waals surface area contributed by atoms with Gasteiger partial charge in [-0.05, 0) is 28.8 Å². The van der Waals surface area contributed by atoms with Gasteiger partial charge < -0.3 is 14.2 Å². The quantitative estimate of drug-likeness (QED) is 0.432. The third-order valence-electron chi connectivity index (χ3n) is 7.07. The molecule has 4 aromatic rings. The van der Waals surface area contributed by atoms with E-state index < -0.39 is 5.41 Å². The number of para-hydroxylation sites is 1. The van der Waals surface area contributed by atoms with Crippen LogP contribution >= 0.6 is 0 Å². The van der Waals surface area contributed by atoms with Crippen LogP contribution in [0.3, 0.4) is 0 Å². The van der Waals surface area contributed by atoms with E-state index >= 15 is 0 Å². The number of amides is 1. The van der Waals surface area contributed by atoms with E-state index in [1.807, 2.05) is 77.7 Å². The molecule has 1 unspecified atom stereocenters. The van der Waals surface area contributed by atoms with Gasteiger partial charge in [-0.25, -0.2) is 0 Å². The Morgan fingerprint density at radius 2 is 1.29 bits per heavy atom. The normalized spacial score (nSPS) is 19.4. The van der Waals surface area contributed by atoms with Crippen LogP contribution in [0.4, 0.5) is 5.69 Å². The Morgan fingerprint density at radius 3 is 2.00 bits per heavy atom. The first-order chi connectivity index (χ1) is 16.8. The molecule has 1 atom stereocenters. The van der Waals surface area contributed by atoms with Crippen molar-refractivity contribution < 1.29 is 19.0 Å². The maximum absolute atomic E-state index is 14.6. The van der Waals surface area contributed by atoms with Gasteiger partial charge in [0.25, 0.3) is 0 Å². The van der Waals surface area contributed by atoms with Crippen LogP contribution < -0.4 is 19.1 Å². The van der Waals surface area contributed by atoms with E-state index in [1.54, 1.807) is 0 Å². The molecule has 0 N–H and O–H groups in total. The highest BCUT2D eigenvalue weighted by molar-refractivity contribution is 6.12. The second-order valence-corrected chi connectivity index (χ2v) is 8.81. The fourth-order valence-corrected chi connectivity index (χ4v) is 5.53. The summed E-state index contributed by atoms with van der Waals surface area (Å²) >= 11 is 0. The standard InChI is InChI=1S/C29H21NO4/c31-28-29(17-32-24-16-26-25(15-22(24)29)33-18-34-26)21-13-7-8-14-23(21)30(28)27(19-9-3-1-4-10-19)20-11-5-2-6-12-20/h1-16,27H,17-18H2. The highest BCUT2D eigenvalue weighted by Crippen LogP contribution is 2.56. The molecule has 0 saturated carbocycles. The third-order valence-corrected chi connectivity index (χ3v) is 7.07. The lowest BCUT2D eigenvalue weighted by molar-refractivity contribution is -0.122. The fraction of sp³-hybridized carbons (Fsp3) is 0.138. The maximum Gasteiger partial charge on any atom is 0.246 e. The summed E-state index contributed by atoms with van der Waals surface area (Å²) in [7, 11) is 0. The fourth-order valence-electron chi connectivity index (χ4n) is 5.53. The zero-order valence-corrected chi connectivity index (χ0v) is 18.3. The minimum Gasteiger partial charge on any atom is -0.491 e. The molecule has 0 aliphatic carbocycles. The molecule has 5 heteroatoms. The molecule has 1 amide bonds. The van der Waals surface area contributed by atoms with Gasteiger partial charge in [0.15, 0.2) is 11.5 Å². The molecule has 3 heterocycles. The number of anilines is 1. The highest BCUT2D eigenvalue weighted by Gasteiger charge is 2.58. The Balaban J connectivity index is 1.46. The number of carbonyl (C=O) groups is 1. The average molecular weight is 447 g/mol. The van der Waals surface area contributed by atoms with Crippen LogP contribution in [-0.2, 0) is 10.2 Å². The van der Waals surface area contributed by atoms with Gasteiger partial charge in [-0.2, -0.15) is 0 Å². The summed E-state index contributed by atoms with van der Waals surface area (Å²) in [5.41, 5.74) is 3.86. The average Bonchev–Trinajstić information content (AvgIpc) is 3.57. The number of nitrogens with zero attached hydrogens (tertiary/aromatic N) is 1. The molecule has 5 nitrogen and oxygen atoms in total. The Hall–Kier alpha value is -4.25. The molecular weight excluding hydrogens is 426 g/mol. The van der Waals surface area contributed by atoms with Crippen LogP contribution in [0.15, 0.2) is 97.1 Å². The SMILES string of the molecule is O=C1N(C(c2ccccc2)c2ccccc2)c2ccccc2C12COc1cc3c(cc12)OCO3. The second-order valence-electron chi connectivity index (χ2n) is 8.81. The van der Waals surface area contributed by atoms with Crippen LogP contribution in [-0.4, -0.2) is 19.3 Å². The van der Waals surface area contributed by atoms with E-state index in [0.29, 0.717) is 17.2 Å². The zero-order valence-electron chi connectivity index (χ0n) is 18.3. The number of hydrogen-bond donors (Lipinski definition) is 0. The third kappa shape index (κ3) is 2.52. The van der Waals surface area contributed by atoms with Crippen LogP contribution in [0.2, 0.25) is 0 Å². The summed E-state index contributed by atoms with van der Waals surface area (Å²) in [6.07, 6.45) is 0. The van der Waals surface area contributed by atoms with Gasteiger partial charge in [-0.1, -0.05) is 78.9 Å². The van der Waals surface area contributed by atoms with Crippen molar-refractivity contribution in [1.29, 1.82) is 0 Å². The molecule has 7 rings (SSSR count). The topological polar surface area (TPSA) is 48.0 Å². The van der Waals surface area contributed by atoms with Crippen molar-refractivity contribution in [2.45, 2.75) is 11.5 Å². The Morgan fingerprint density at radius 1 is 0.676 bits per heavy atom. The van der Waals surface area contributed by atoms with E-state index in [9.17, 15) is 4.79 Å². The lowest BCUT2D eigenvalue weighted by Crippen LogP contribution is -2.44. The molecular formula is C29H21NO4. The Kier molecular flexibility index (Phi) is 4.03. The monoisotopic (exact) mass is 447 g/mol. The van der Waals surface area contributed by atoms with E-state index in [1.165, 1.54) is 0 Å². The van der Waals surface area contributed by atoms with Crippen molar-refractivity contribution >= 4 is 11.6 Å². The summed E-state index contributed by atoms with van der Waals surface area (Å²) in [6.45, 7) is 0.417. The Labute approximate surface area is 197 Å². The van der Waals surface area contributed by atoms with Crippen molar-refractivity contribution in [3.8, 4) is 17.2 Å². The number of rotatable bonds is 3. The molecule has 1 spiro atoms. The van der Waals surface area contributed by atoms with Gasteiger partial charge in [0, 0.05) is 17.3 Å². The van der Waals surface area contributed by atoms with Crippen LogP contribution in [0, 0.1) is 0 Å². The molecule has 3 aliphatic heterocycles. The van der Waals surface area contributed by atoms with E-state index in [4.69, 9.17) is 14.2 Å².